The van der Waals surface area contributed by atoms with Crippen LogP contribution in [-0.4, -0.2) is 25.9 Å². The number of hydrogen-bond donors (Lipinski definition) is 1. The van der Waals surface area contributed by atoms with E-state index in [0.29, 0.717) is 22.8 Å². The highest BCUT2D eigenvalue weighted by Crippen LogP contribution is 2.27. The maximum absolute atomic E-state index is 12.1. The van der Waals surface area contributed by atoms with Crippen LogP contribution in [0, 0.1) is 0 Å². The SMILES string of the molecule is CCn1nccc1C(=O)Nc1nnc(-c2ccccc2Cl)o1. The number of aromatic nitrogens is 4. The molecule has 0 bridgehead atoms. The summed E-state index contributed by atoms with van der Waals surface area (Å²) in [4.78, 5) is 12.1. The van der Waals surface area contributed by atoms with Crippen LogP contribution in [-0.2, 0) is 6.54 Å². The molecule has 22 heavy (non-hydrogen) atoms. The van der Waals surface area contributed by atoms with Crippen molar-refractivity contribution in [3.05, 3.63) is 47.2 Å². The van der Waals surface area contributed by atoms with Gasteiger partial charge in [0.2, 0.25) is 0 Å². The van der Waals surface area contributed by atoms with Gasteiger partial charge in [-0.2, -0.15) is 5.10 Å². The third-order valence-electron chi connectivity index (χ3n) is 3.00. The Morgan fingerprint density at radius 3 is 2.91 bits per heavy atom. The van der Waals surface area contributed by atoms with Crippen LogP contribution in [0.1, 0.15) is 17.4 Å². The maximum Gasteiger partial charge on any atom is 0.322 e. The minimum absolute atomic E-state index is 0.00349. The van der Waals surface area contributed by atoms with Gasteiger partial charge in [-0.05, 0) is 25.1 Å². The molecule has 0 saturated heterocycles. The highest BCUT2D eigenvalue weighted by molar-refractivity contribution is 6.33. The standard InChI is InChI=1S/C14H12ClN5O2/c1-2-20-11(7-8-16-20)12(21)17-14-19-18-13(22-14)9-5-3-4-6-10(9)15/h3-8H,2H2,1H3,(H,17,19,21). The van der Waals surface area contributed by atoms with E-state index in [4.69, 9.17) is 16.0 Å². The number of benzene rings is 1. The fourth-order valence-electron chi connectivity index (χ4n) is 1.96. The van der Waals surface area contributed by atoms with E-state index in [-0.39, 0.29) is 17.8 Å². The lowest BCUT2D eigenvalue weighted by Crippen LogP contribution is -2.17. The molecule has 0 saturated carbocycles. The third-order valence-corrected chi connectivity index (χ3v) is 3.33. The van der Waals surface area contributed by atoms with Gasteiger partial charge in [0.05, 0.1) is 10.6 Å². The van der Waals surface area contributed by atoms with Gasteiger partial charge in [-0.1, -0.05) is 28.8 Å². The van der Waals surface area contributed by atoms with Gasteiger partial charge in [0.15, 0.2) is 0 Å². The largest absolute Gasteiger partial charge is 0.403 e. The normalized spacial score (nSPS) is 10.6. The number of carbonyl (C=O) groups excluding carboxylic acids is 1. The molecule has 2 heterocycles. The van der Waals surface area contributed by atoms with Gasteiger partial charge in [0.25, 0.3) is 11.8 Å². The van der Waals surface area contributed by atoms with E-state index >= 15 is 0 Å². The molecular weight excluding hydrogens is 306 g/mol. The summed E-state index contributed by atoms with van der Waals surface area (Å²) in [7, 11) is 0. The average molecular weight is 318 g/mol. The molecule has 8 heteroatoms. The van der Waals surface area contributed by atoms with Crippen LogP contribution in [0.15, 0.2) is 40.9 Å². The third kappa shape index (κ3) is 2.71. The number of amides is 1. The Balaban J connectivity index is 1.80. The zero-order valence-corrected chi connectivity index (χ0v) is 12.4. The minimum Gasteiger partial charge on any atom is -0.403 e. The summed E-state index contributed by atoms with van der Waals surface area (Å²) in [5.74, 6) is -0.126. The van der Waals surface area contributed by atoms with Gasteiger partial charge in [0, 0.05) is 12.7 Å². The van der Waals surface area contributed by atoms with Gasteiger partial charge in [-0.25, -0.2) is 0 Å². The van der Waals surface area contributed by atoms with Crippen LogP contribution < -0.4 is 5.32 Å². The van der Waals surface area contributed by atoms with E-state index in [9.17, 15) is 4.79 Å². The van der Waals surface area contributed by atoms with Crippen molar-refractivity contribution >= 4 is 23.5 Å². The number of carbonyl (C=O) groups is 1. The molecule has 2 aromatic heterocycles. The van der Waals surface area contributed by atoms with Crippen molar-refractivity contribution in [2.24, 2.45) is 0 Å². The number of nitrogens with zero attached hydrogens (tertiary/aromatic N) is 4. The van der Waals surface area contributed by atoms with Crippen molar-refractivity contribution in [2.75, 3.05) is 5.32 Å². The van der Waals surface area contributed by atoms with Gasteiger partial charge in [0.1, 0.15) is 5.69 Å². The summed E-state index contributed by atoms with van der Waals surface area (Å²) in [6.45, 7) is 2.48. The Hall–Kier alpha value is -2.67. The molecule has 0 aliphatic rings. The minimum atomic E-state index is -0.367. The molecule has 1 amide bonds. The number of halogens is 1. The van der Waals surface area contributed by atoms with Crippen LogP contribution in [0.5, 0.6) is 0 Å². The summed E-state index contributed by atoms with van der Waals surface area (Å²) in [6, 6.07) is 8.71. The molecule has 3 aromatic rings. The second kappa shape index (κ2) is 5.98. The molecule has 3 rings (SSSR count). The van der Waals surface area contributed by atoms with Crippen molar-refractivity contribution in [1.82, 2.24) is 20.0 Å². The lowest BCUT2D eigenvalue weighted by Gasteiger charge is -2.03. The summed E-state index contributed by atoms with van der Waals surface area (Å²) >= 11 is 6.07. The van der Waals surface area contributed by atoms with Crippen molar-refractivity contribution in [3.8, 4) is 11.5 Å². The van der Waals surface area contributed by atoms with E-state index in [1.54, 1.807) is 35.1 Å². The number of nitrogens with one attached hydrogen (secondary N) is 1. The highest BCUT2D eigenvalue weighted by atomic mass is 35.5. The molecule has 0 radical (unpaired) electrons. The number of hydrogen-bond acceptors (Lipinski definition) is 5. The lowest BCUT2D eigenvalue weighted by atomic mass is 10.2. The van der Waals surface area contributed by atoms with E-state index < -0.39 is 0 Å². The van der Waals surface area contributed by atoms with E-state index in [1.165, 1.54) is 0 Å². The fraction of sp³-hybridized carbons (Fsp3) is 0.143. The zero-order valence-electron chi connectivity index (χ0n) is 11.7. The monoisotopic (exact) mass is 317 g/mol. The molecule has 7 nitrogen and oxygen atoms in total. The van der Waals surface area contributed by atoms with Crippen molar-refractivity contribution in [1.29, 1.82) is 0 Å². The quantitative estimate of drug-likeness (QED) is 0.799. The average Bonchev–Trinajstić information content (AvgIpc) is 3.16. The summed E-state index contributed by atoms with van der Waals surface area (Å²) < 4.78 is 6.99. The van der Waals surface area contributed by atoms with Crippen molar-refractivity contribution in [2.45, 2.75) is 13.5 Å². The van der Waals surface area contributed by atoms with Gasteiger partial charge in [-0.3, -0.25) is 14.8 Å². The second-order valence-electron chi connectivity index (χ2n) is 4.38. The Kier molecular flexibility index (Phi) is 3.88. The van der Waals surface area contributed by atoms with Gasteiger partial charge < -0.3 is 4.42 Å². The second-order valence-corrected chi connectivity index (χ2v) is 4.79. The molecular formula is C14H12ClN5O2. The van der Waals surface area contributed by atoms with E-state index in [0.717, 1.165) is 0 Å². The van der Waals surface area contributed by atoms with Crippen LogP contribution in [0.4, 0.5) is 6.01 Å². The molecule has 0 unspecified atom stereocenters. The predicted octanol–water partition coefficient (Wildman–Crippen LogP) is 2.86. The van der Waals surface area contributed by atoms with Gasteiger partial charge in [-0.15, -0.1) is 5.10 Å². The first kappa shape index (κ1) is 14.3. The molecule has 0 atom stereocenters. The molecule has 112 valence electrons. The Morgan fingerprint density at radius 2 is 2.14 bits per heavy atom. The molecule has 1 aromatic carbocycles. The topological polar surface area (TPSA) is 85.8 Å². The summed E-state index contributed by atoms with van der Waals surface area (Å²) in [6.07, 6.45) is 1.56. The first-order chi connectivity index (χ1) is 10.7. The Morgan fingerprint density at radius 1 is 1.32 bits per heavy atom. The first-order valence-corrected chi connectivity index (χ1v) is 6.98. The molecule has 0 fully saturated rings. The van der Waals surface area contributed by atoms with Crippen molar-refractivity contribution < 1.29 is 9.21 Å². The molecule has 0 aliphatic carbocycles. The summed E-state index contributed by atoms with van der Waals surface area (Å²) in [5.41, 5.74) is 1.02. The van der Waals surface area contributed by atoms with E-state index in [1.807, 2.05) is 13.0 Å². The van der Waals surface area contributed by atoms with Gasteiger partial charge >= 0.3 is 6.01 Å². The maximum atomic E-state index is 12.1. The van der Waals surface area contributed by atoms with Crippen LogP contribution in [0.3, 0.4) is 0 Å². The fourth-order valence-corrected chi connectivity index (χ4v) is 2.17. The highest BCUT2D eigenvalue weighted by Gasteiger charge is 2.16. The van der Waals surface area contributed by atoms with Crippen molar-refractivity contribution in [3.63, 3.8) is 0 Å². The van der Waals surface area contributed by atoms with E-state index in [2.05, 4.69) is 20.6 Å². The molecule has 0 spiro atoms. The lowest BCUT2D eigenvalue weighted by molar-refractivity contribution is 0.101. The predicted molar refractivity (Wildman–Crippen MR) is 80.6 cm³/mol. The zero-order chi connectivity index (χ0) is 15.5. The first-order valence-electron chi connectivity index (χ1n) is 6.60. The molecule has 0 aliphatic heterocycles. The summed E-state index contributed by atoms with van der Waals surface area (Å²) in [5, 5.41) is 14.8. The number of rotatable bonds is 4. The Labute approximate surface area is 130 Å². The Bertz CT molecular complexity index is 811. The van der Waals surface area contributed by atoms with Crippen LogP contribution >= 0.6 is 11.6 Å². The number of aryl methyl sites for hydroxylation is 1. The molecule has 1 N–H and O–H groups in total. The van der Waals surface area contributed by atoms with Crippen LogP contribution in [0.2, 0.25) is 5.02 Å². The van der Waals surface area contributed by atoms with Crippen LogP contribution in [0.25, 0.3) is 11.5 Å². The smallest absolute Gasteiger partial charge is 0.322 e. The number of anilines is 1.